The molecule has 0 radical (unpaired) electrons. The van der Waals surface area contributed by atoms with E-state index in [1.54, 1.807) is 25.1 Å². The molecule has 0 fully saturated rings. The Kier molecular flexibility index (Phi) is 6.02. The summed E-state index contributed by atoms with van der Waals surface area (Å²) in [5.41, 5.74) is 3.11. The van der Waals surface area contributed by atoms with E-state index >= 15 is 0 Å². The molecule has 4 nitrogen and oxygen atoms in total. The number of aromatic nitrogens is 2. The fourth-order valence-corrected chi connectivity index (χ4v) is 3.52. The van der Waals surface area contributed by atoms with Crippen LogP contribution in [0.2, 0.25) is 5.02 Å². The van der Waals surface area contributed by atoms with Crippen molar-refractivity contribution in [2.24, 2.45) is 0 Å². The quantitative estimate of drug-likeness (QED) is 0.623. The minimum atomic E-state index is -0.0370. The summed E-state index contributed by atoms with van der Waals surface area (Å²) in [5.74, 6) is 1.62. The molecule has 0 aliphatic rings. The molecule has 0 amide bonds. The number of imidazole rings is 1. The molecule has 3 rings (SSSR count). The maximum absolute atomic E-state index is 9.60. The van der Waals surface area contributed by atoms with Crippen LogP contribution in [0.3, 0.4) is 0 Å². The average molecular weight is 375 g/mol. The number of thioether (sulfide) groups is 1. The van der Waals surface area contributed by atoms with Crippen LogP contribution in [0.1, 0.15) is 16.8 Å². The van der Waals surface area contributed by atoms with Crippen LogP contribution in [-0.4, -0.2) is 21.8 Å². The second kappa shape index (κ2) is 8.43. The van der Waals surface area contributed by atoms with Crippen molar-refractivity contribution in [1.82, 2.24) is 9.55 Å². The van der Waals surface area contributed by atoms with Gasteiger partial charge in [-0.1, -0.05) is 47.6 Å². The van der Waals surface area contributed by atoms with Crippen molar-refractivity contribution in [2.75, 3.05) is 7.11 Å². The van der Waals surface area contributed by atoms with Gasteiger partial charge in [-0.2, -0.15) is 0 Å². The predicted octanol–water partition coefficient (Wildman–Crippen LogP) is 4.38. The Hall–Kier alpha value is -1.95. The van der Waals surface area contributed by atoms with Crippen molar-refractivity contribution < 1.29 is 9.84 Å². The SMILES string of the molecule is COc1ccc(Cn2c(CO)cnc2SCc2ccc(Cl)cc2)cc1. The van der Waals surface area contributed by atoms with E-state index in [9.17, 15) is 5.11 Å². The van der Waals surface area contributed by atoms with Crippen molar-refractivity contribution >= 4 is 23.4 Å². The fourth-order valence-electron chi connectivity index (χ4n) is 2.44. The number of methoxy groups -OCH3 is 1. The van der Waals surface area contributed by atoms with E-state index in [2.05, 4.69) is 4.98 Å². The lowest BCUT2D eigenvalue weighted by atomic mass is 10.2. The number of ether oxygens (including phenoxy) is 1. The van der Waals surface area contributed by atoms with Crippen LogP contribution >= 0.6 is 23.4 Å². The number of benzene rings is 2. The van der Waals surface area contributed by atoms with Crippen molar-refractivity contribution in [1.29, 1.82) is 0 Å². The third-order valence-electron chi connectivity index (χ3n) is 3.84. The van der Waals surface area contributed by atoms with E-state index in [1.807, 2.05) is 53.1 Å². The third-order valence-corrected chi connectivity index (χ3v) is 5.16. The topological polar surface area (TPSA) is 47.3 Å². The number of aliphatic hydroxyl groups excluding tert-OH is 1. The average Bonchev–Trinajstić information content (AvgIpc) is 3.03. The first-order valence-corrected chi connectivity index (χ1v) is 9.21. The lowest BCUT2D eigenvalue weighted by Gasteiger charge is -2.11. The Balaban J connectivity index is 1.75. The highest BCUT2D eigenvalue weighted by Gasteiger charge is 2.11. The minimum Gasteiger partial charge on any atom is -0.497 e. The van der Waals surface area contributed by atoms with E-state index in [-0.39, 0.29) is 6.61 Å². The summed E-state index contributed by atoms with van der Waals surface area (Å²) in [6, 6.07) is 15.7. The van der Waals surface area contributed by atoms with Gasteiger partial charge < -0.3 is 14.4 Å². The van der Waals surface area contributed by atoms with E-state index in [0.717, 1.165) is 32.9 Å². The first-order valence-electron chi connectivity index (χ1n) is 7.85. The van der Waals surface area contributed by atoms with Crippen LogP contribution in [0.5, 0.6) is 5.75 Å². The molecule has 3 aromatic rings. The standard InChI is InChI=1S/C19H19ClN2O2S/c1-24-18-8-4-14(5-9-18)11-22-17(12-23)10-21-19(22)25-13-15-2-6-16(20)7-3-15/h2-10,23H,11-13H2,1H3. The van der Waals surface area contributed by atoms with Crippen molar-refractivity contribution in [3.63, 3.8) is 0 Å². The van der Waals surface area contributed by atoms with Gasteiger partial charge in [0.15, 0.2) is 5.16 Å². The van der Waals surface area contributed by atoms with Gasteiger partial charge in [-0.05, 0) is 35.4 Å². The maximum atomic E-state index is 9.60. The van der Waals surface area contributed by atoms with Gasteiger partial charge in [0.1, 0.15) is 5.75 Å². The van der Waals surface area contributed by atoms with Gasteiger partial charge in [-0.3, -0.25) is 0 Å². The molecule has 130 valence electrons. The zero-order valence-corrected chi connectivity index (χ0v) is 15.4. The highest BCUT2D eigenvalue weighted by atomic mass is 35.5. The van der Waals surface area contributed by atoms with E-state index < -0.39 is 0 Å². The van der Waals surface area contributed by atoms with Gasteiger partial charge >= 0.3 is 0 Å². The molecule has 0 aliphatic carbocycles. The number of rotatable bonds is 7. The first kappa shape index (κ1) is 17.9. The highest BCUT2D eigenvalue weighted by molar-refractivity contribution is 7.98. The lowest BCUT2D eigenvalue weighted by Crippen LogP contribution is -2.06. The van der Waals surface area contributed by atoms with Crippen LogP contribution in [0, 0.1) is 0 Å². The summed E-state index contributed by atoms with van der Waals surface area (Å²) in [6.07, 6.45) is 1.73. The van der Waals surface area contributed by atoms with E-state index in [4.69, 9.17) is 16.3 Å². The van der Waals surface area contributed by atoms with Crippen LogP contribution in [0.25, 0.3) is 0 Å². The summed E-state index contributed by atoms with van der Waals surface area (Å²) in [6.45, 7) is 0.619. The normalized spacial score (nSPS) is 10.8. The molecule has 1 heterocycles. The van der Waals surface area contributed by atoms with Gasteiger partial charge in [-0.25, -0.2) is 4.98 Å². The van der Waals surface area contributed by atoms with Gasteiger partial charge in [0.25, 0.3) is 0 Å². The third kappa shape index (κ3) is 4.57. The Labute approximate surface area is 156 Å². The number of hydrogen-bond donors (Lipinski definition) is 1. The molecule has 0 aliphatic heterocycles. The first-order chi connectivity index (χ1) is 12.2. The Morgan fingerprint density at radius 2 is 1.76 bits per heavy atom. The van der Waals surface area contributed by atoms with Crippen LogP contribution < -0.4 is 4.74 Å². The summed E-state index contributed by atoms with van der Waals surface area (Å²) >= 11 is 7.57. The van der Waals surface area contributed by atoms with Crippen molar-refractivity contribution in [3.05, 3.63) is 76.6 Å². The molecule has 0 atom stereocenters. The molecule has 0 bridgehead atoms. The molecule has 2 aromatic carbocycles. The largest absolute Gasteiger partial charge is 0.497 e. The Morgan fingerprint density at radius 1 is 1.08 bits per heavy atom. The van der Waals surface area contributed by atoms with Crippen LogP contribution in [-0.2, 0) is 18.9 Å². The van der Waals surface area contributed by atoms with Crippen LogP contribution in [0.15, 0.2) is 59.9 Å². The molecule has 1 N–H and O–H groups in total. The zero-order chi connectivity index (χ0) is 17.6. The summed E-state index contributed by atoms with van der Waals surface area (Å²) in [7, 11) is 1.65. The maximum Gasteiger partial charge on any atom is 0.168 e. The number of aliphatic hydroxyl groups is 1. The smallest absolute Gasteiger partial charge is 0.168 e. The van der Waals surface area contributed by atoms with E-state index in [1.165, 1.54) is 5.56 Å². The molecule has 0 saturated heterocycles. The molecule has 1 aromatic heterocycles. The Bertz CT molecular complexity index is 816. The van der Waals surface area contributed by atoms with Gasteiger partial charge in [-0.15, -0.1) is 0 Å². The second-order valence-corrected chi connectivity index (χ2v) is 6.92. The fraction of sp³-hybridized carbons (Fsp3) is 0.211. The van der Waals surface area contributed by atoms with Gasteiger partial charge in [0.2, 0.25) is 0 Å². The summed E-state index contributed by atoms with van der Waals surface area (Å²) < 4.78 is 7.24. The number of halogens is 1. The summed E-state index contributed by atoms with van der Waals surface area (Å²) in [4.78, 5) is 4.46. The summed E-state index contributed by atoms with van der Waals surface area (Å²) in [5, 5.41) is 11.2. The van der Waals surface area contributed by atoms with Crippen molar-refractivity contribution in [2.45, 2.75) is 24.1 Å². The van der Waals surface area contributed by atoms with Crippen LogP contribution in [0.4, 0.5) is 0 Å². The highest BCUT2D eigenvalue weighted by Crippen LogP contribution is 2.25. The number of hydrogen-bond acceptors (Lipinski definition) is 4. The predicted molar refractivity (Wildman–Crippen MR) is 101 cm³/mol. The minimum absolute atomic E-state index is 0.0370. The zero-order valence-electron chi connectivity index (χ0n) is 13.9. The molecule has 0 saturated carbocycles. The second-order valence-electron chi connectivity index (χ2n) is 5.54. The molecular weight excluding hydrogens is 356 g/mol. The molecule has 0 unspecified atom stereocenters. The lowest BCUT2D eigenvalue weighted by molar-refractivity contribution is 0.270. The monoisotopic (exact) mass is 374 g/mol. The Morgan fingerprint density at radius 3 is 2.40 bits per heavy atom. The van der Waals surface area contributed by atoms with Gasteiger partial charge in [0, 0.05) is 17.3 Å². The van der Waals surface area contributed by atoms with Gasteiger partial charge in [0.05, 0.1) is 25.6 Å². The van der Waals surface area contributed by atoms with Crippen molar-refractivity contribution in [3.8, 4) is 5.75 Å². The number of nitrogens with zero attached hydrogens (tertiary/aromatic N) is 2. The van der Waals surface area contributed by atoms with E-state index in [0.29, 0.717) is 6.54 Å². The molecule has 6 heteroatoms. The molecular formula is C19H19ClN2O2S. The molecule has 0 spiro atoms. The molecule has 25 heavy (non-hydrogen) atoms.